The number of aryl methyl sites for hydroxylation is 1. The van der Waals surface area contributed by atoms with Gasteiger partial charge in [0, 0.05) is 62.1 Å². The molecule has 0 fully saturated rings. The van der Waals surface area contributed by atoms with E-state index < -0.39 is 0 Å². The van der Waals surface area contributed by atoms with Crippen molar-refractivity contribution in [3.05, 3.63) is 205 Å². The molecule has 0 saturated heterocycles. The maximum absolute atomic E-state index is 7.00. The Labute approximate surface area is 378 Å². The smallest absolute Gasteiger partial charge is 0.137 e. The lowest BCUT2D eigenvalue weighted by Gasteiger charge is -2.30. The molecule has 1 aliphatic rings. The number of para-hydroxylation sites is 6. The molecule has 0 spiro atoms. The minimum atomic E-state index is -0.0300. The van der Waals surface area contributed by atoms with Gasteiger partial charge in [-0.15, -0.1) is 0 Å². The summed E-state index contributed by atoms with van der Waals surface area (Å²) in [5.41, 5.74) is 15.1. The van der Waals surface area contributed by atoms with Crippen LogP contribution >= 0.6 is 0 Å². The Kier molecular flexibility index (Phi) is 8.85. The molecule has 3 aromatic heterocycles. The van der Waals surface area contributed by atoms with Gasteiger partial charge in [-0.1, -0.05) is 130 Å². The molecule has 6 nitrogen and oxygen atoms in total. The van der Waals surface area contributed by atoms with Crippen LogP contribution in [-0.2, 0) is 5.41 Å². The summed E-state index contributed by atoms with van der Waals surface area (Å²) in [4.78, 5) is 12.3. The van der Waals surface area contributed by atoms with Crippen LogP contribution < -0.4 is 9.64 Å². The average Bonchev–Trinajstić information content (AvgIpc) is 3.85. The van der Waals surface area contributed by atoms with Crippen LogP contribution in [0.15, 0.2) is 199 Å². The van der Waals surface area contributed by atoms with Gasteiger partial charge in [-0.3, -0.25) is 9.47 Å². The molecule has 1 aliphatic heterocycles. The molecule has 0 atom stereocenters. The van der Waals surface area contributed by atoms with E-state index in [0.717, 1.165) is 84.1 Å². The number of fused-ring (bicyclic) bond motifs is 12. The highest BCUT2D eigenvalue weighted by atomic mass is 16.5. The lowest BCUT2D eigenvalue weighted by Crippen LogP contribution is -2.18. The lowest BCUT2D eigenvalue weighted by atomic mass is 9.88. The number of rotatable bonds is 5. The quantitative estimate of drug-likeness (QED) is 0.128. The van der Waals surface area contributed by atoms with Gasteiger partial charge in [0.05, 0.1) is 44.8 Å². The van der Waals surface area contributed by atoms with Crippen LogP contribution in [0.5, 0.6) is 11.5 Å². The lowest BCUT2D eigenvalue weighted by molar-refractivity contribution is 0.483. The topological polar surface area (TPSA) is 47.6 Å². The van der Waals surface area contributed by atoms with Crippen molar-refractivity contribution in [3.63, 3.8) is 0 Å². The maximum Gasteiger partial charge on any atom is 0.137 e. The van der Waals surface area contributed by atoms with E-state index in [2.05, 4.69) is 199 Å². The molecule has 4 heterocycles. The molecule has 0 bridgehead atoms. The van der Waals surface area contributed by atoms with Gasteiger partial charge in [-0.25, -0.2) is 9.98 Å². The Hall–Kier alpha value is -8.22. The predicted octanol–water partition coefficient (Wildman–Crippen LogP) is 15.8. The van der Waals surface area contributed by atoms with Crippen molar-refractivity contribution in [1.82, 2.24) is 14.1 Å². The standard InChI is InChI=1S/C59H45N5O/c1-38-16-14-22-49-50-24-15-23-48-45-21-10-13-27-53(45)64(58(48)50)52-26-12-9-19-43(52)46-30-28-41(35-54(46)62(57(38)49)37-61-40-17-6-5-7-18-40)65-42-29-31-47-44-20-8-11-25-51(44)63(55(47)36-42)56-34-39(32-33-60-56)59(2,3)4/h5-37H,1-4H3. The monoisotopic (exact) mass is 839 g/mol. The molecule has 0 saturated carbocycles. The number of hydrogen-bond acceptors (Lipinski definition) is 3. The number of pyridine rings is 1. The molecule has 0 amide bonds. The number of aromatic nitrogens is 3. The number of nitrogens with zero attached hydrogens (tertiary/aromatic N) is 5. The van der Waals surface area contributed by atoms with E-state index in [1.165, 1.54) is 27.2 Å². The maximum atomic E-state index is 7.00. The van der Waals surface area contributed by atoms with Crippen LogP contribution in [0.25, 0.3) is 77.4 Å². The average molecular weight is 840 g/mol. The molecule has 8 aromatic carbocycles. The van der Waals surface area contributed by atoms with Crippen LogP contribution in [0.1, 0.15) is 31.9 Å². The van der Waals surface area contributed by atoms with Gasteiger partial charge < -0.3 is 9.30 Å². The second-order valence-corrected chi connectivity index (χ2v) is 18.0. The zero-order valence-corrected chi connectivity index (χ0v) is 36.7. The van der Waals surface area contributed by atoms with Gasteiger partial charge in [0.1, 0.15) is 23.7 Å². The van der Waals surface area contributed by atoms with E-state index in [-0.39, 0.29) is 5.41 Å². The zero-order valence-electron chi connectivity index (χ0n) is 36.7. The highest BCUT2D eigenvalue weighted by molar-refractivity contribution is 6.17. The molecule has 0 aliphatic carbocycles. The van der Waals surface area contributed by atoms with Gasteiger partial charge in [-0.05, 0) is 90.2 Å². The Balaban J connectivity index is 1.10. The first-order chi connectivity index (χ1) is 31.8. The molecule has 0 N–H and O–H groups in total. The summed E-state index contributed by atoms with van der Waals surface area (Å²) in [6.45, 7) is 8.91. The number of anilines is 2. The highest BCUT2D eigenvalue weighted by Crippen LogP contribution is 2.49. The van der Waals surface area contributed by atoms with Crippen LogP contribution in [0.4, 0.5) is 17.1 Å². The van der Waals surface area contributed by atoms with Crippen molar-refractivity contribution >= 4 is 67.0 Å². The zero-order chi connectivity index (χ0) is 43.8. The van der Waals surface area contributed by atoms with Crippen LogP contribution in [0.2, 0.25) is 0 Å². The van der Waals surface area contributed by atoms with Gasteiger partial charge in [0.2, 0.25) is 0 Å². The third kappa shape index (κ3) is 6.32. The van der Waals surface area contributed by atoms with Crippen LogP contribution in [-0.4, -0.2) is 20.5 Å². The van der Waals surface area contributed by atoms with Crippen molar-refractivity contribution in [2.45, 2.75) is 33.1 Å². The van der Waals surface area contributed by atoms with Crippen molar-refractivity contribution in [3.8, 4) is 45.3 Å². The Morgan fingerprint density at radius 2 is 1.14 bits per heavy atom. The molecule has 11 aromatic rings. The van der Waals surface area contributed by atoms with E-state index in [9.17, 15) is 0 Å². The fourth-order valence-corrected chi connectivity index (χ4v) is 9.86. The normalized spacial score (nSPS) is 12.5. The first-order valence-electron chi connectivity index (χ1n) is 22.2. The molecule has 65 heavy (non-hydrogen) atoms. The van der Waals surface area contributed by atoms with Gasteiger partial charge in [0.25, 0.3) is 0 Å². The van der Waals surface area contributed by atoms with Crippen LogP contribution in [0.3, 0.4) is 0 Å². The summed E-state index contributed by atoms with van der Waals surface area (Å²) in [6.07, 6.45) is 3.90. The summed E-state index contributed by atoms with van der Waals surface area (Å²) in [5.74, 6) is 2.31. The van der Waals surface area contributed by atoms with Crippen molar-refractivity contribution in [2.75, 3.05) is 4.90 Å². The fraction of sp³-hybridized carbons (Fsp3) is 0.0847. The third-order valence-corrected chi connectivity index (χ3v) is 12.9. The second-order valence-electron chi connectivity index (χ2n) is 18.0. The minimum Gasteiger partial charge on any atom is -0.457 e. The molecule has 0 unspecified atom stereocenters. The van der Waals surface area contributed by atoms with E-state index in [4.69, 9.17) is 14.7 Å². The Bertz CT molecular complexity index is 3700. The van der Waals surface area contributed by atoms with E-state index >= 15 is 0 Å². The van der Waals surface area contributed by atoms with Crippen molar-refractivity contribution in [2.24, 2.45) is 4.99 Å². The fourth-order valence-electron chi connectivity index (χ4n) is 9.86. The molecule has 12 rings (SSSR count). The predicted molar refractivity (Wildman–Crippen MR) is 270 cm³/mol. The van der Waals surface area contributed by atoms with E-state index in [0.29, 0.717) is 5.75 Å². The Morgan fingerprint density at radius 1 is 0.508 bits per heavy atom. The Morgan fingerprint density at radius 3 is 1.97 bits per heavy atom. The SMILES string of the molecule is Cc1cccc2c1N(C=Nc1ccccc1)c1cc(Oc3ccc4c5ccccc5n(-c5cc(C(C)(C)C)ccn5)c4c3)ccc1-c1ccccc1-n1c3ccccc3c3cccc-2c31. The molecule has 312 valence electrons. The first-order valence-corrected chi connectivity index (χ1v) is 22.2. The number of hydrogen-bond donors (Lipinski definition) is 0. The molecule has 0 radical (unpaired) electrons. The number of benzene rings is 8. The van der Waals surface area contributed by atoms with Gasteiger partial charge in [-0.2, -0.15) is 0 Å². The highest BCUT2D eigenvalue weighted by Gasteiger charge is 2.27. The third-order valence-electron chi connectivity index (χ3n) is 12.9. The minimum absolute atomic E-state index is 0.0300. The molecule has 6 heteroatoms. The largest absolute Gasteiger partial charge is 0.457 e. The van der Waals surface area contributed by atoms with E-state index in [1.54, 1.807) is 0 Å². The summed E-state index contributed by atoms with van der Waals surface area (Å²) in [7, 11) is 0. The molecular weight excluding hydrogens is 795 g/mol. The summed E-state index contributed by atoms with van der Waals surface area (Å²) in [6, 6.07) is 66.7. The first kappa shape index (κ1) is 38.5. The van der Waals surface area contributed by atoms with Crippen molar-refractivity contribution in [1.29, 1.82) is 0 Å². The van der Waals surface area contributed by atoms with Crippen LogP contribution in [0, 0.1) is 6.92 Å². The second kappa shape index (κ2) is 15.0. The summed E-state index contributed by atoms with van der Waals surface area (Å²) < 4.78 is 11.7. The summed E-state index contributed by atoms with van der Waals surface area (Å²) in [5, 5.41) is 4.73. The number of aliphatic imine (C=N–C) groups is 1. The van der Waals surface area contributed by atoms with Gasteiger partial charge >= 0.3 is 0 Å². The number of ether oxygens (including phenoxy) is 1. The van der Waals surface area contributed by atoms with Crippen molar-refractivity contribution < 1.29 is 4.74 Å². The summed E-state index contributed by atoms with van der Waals surface area (Å²) >= 11 is 0. The van der Waals surface area contributed by atoms with E-state index in [1.807, 2.05) is 42.9 Å². The molecular formula is C59H45N5O. The van der Waals surface area contributed by atoms with Gasteiger partial charge in [0.15, 0.2) is 0 Å².